The Bertz CT molecular complexity index is 1190. The minimum atomic E-state index is -0.277. The molecule has 0 aliphatic rings. The molecule has 0 saturated heterocycles. The molecule has 0 saturated carbocycles. The summed E-state index contributed by atoms with van der Waals surface area (Å²) in [5.41, 5.74) is 6.72. The molecule has 1 atom stereocenters. The van der Waals surface area contributed by atoms with Gasteiger partial charge in [0.15, 0.2) is 0 Å². The number of carbonyl (C=O) groups is 1. The molecular weight excluding hydrogens is 387 g/mol. The zero-order chi connectivity index (χ0) is 21.8. The number of aromatic nitrogens is 1. The number of aryl methyl sites for hydroxylation is 2. The molecule has 0 aliphatic heterocycles. The number of carbonyl (C=O) groups excluding carboxylic acids is 1. The second kappa shape index (κ2) is 9.17. The fraction of sp³-hybridized carbons (Fsp3) is 0.222. The highest BCUT2D eigenvalue weighted by Gasteiger charge is 2.22. The molecule has 3 nitrogen and oxygen atoms in total. The molecule has 0 fully saturated rings. The molecule has 4 rings (SSSR count). The van der Waals surface area contributed by atoms with Crippen molar-refractivity contribution in [3.63, 3.8) is 0 Å². The number of nitrogens with one attached hydrogen (secondary N) is 2. The van der Waals surface area contributed by atoms with Crippen LogP contribution in [0.3, 0.4) is 0 Å². The molecule has 0 bridgehead atoms. The largest absolute Gasteiger partial charge is 0.361 e. The molecule has 4 aromatic rings. The monoisotopic (exact) mass is 414 g/mol. The molecule has 0 radical (unpaired) electrons. The molecular formula is C27H27FN2O. The fourth-order valence-corrected chi connectivity index (χ4v) is 4.18. The summed E-state index contributed by atoms with van der Waals surface area (Å²) in [4.78, 5) is 16.4. The first-order valence-corrected chi connectivity index (χ1v) is 10.7. The van der Waals surface area contributed by atoms with Gasteiger partial charge in [-0.25, -0.2) is 4.39 Å². The maximum atomic E-state index is 13.1. The smallest absolute Gasteiger partial charge is 0.221 e. The third kappa shape index (κ3) is 4.69. The van der Waals surface area contributed by atoms with Gasteiger partial charge in [0.1, 0.15) is 5.82 Å². The van der Waals surface area contributed by atoms with Crippen molar-refractivity contribution < 1.29 is 9.18 Å². The topological polar surface area (TPSA) is 44.9 Å². The Morgan fingerprint density at radius 1 is 1.06 bits per heavy atom. The molecule has 1 heterocycles. The number of H-pyrrole nitrogens is 1. The summed E-state index contributed by atoms with van der Waals surface area (Å²) in [5.74, 6) is -0.369. The van der Waals surface area contributed by atoms with Gasteiger partial charge in [-0.3, -0.25) is 4.79 Å². The van der Waals surface area contributed by atoms with Crippen molar-refractivity contribution in [1.82, 2.24) is 10.3 Å². The van der Waals surface area contributed by atoms with Crippen molar-refractivity contribution in [2.24, 2.45) is 0 Å². The number of benzene rings is 3. The number of amides is 1. The number of hydrogen-bond donors (Lipinski definition) is 2. The average Bonchev–Trinajstić information content (AvgIpc) is 3.21. The summed E-state index contributed by atoms with van der Waals surface area (Å²) in [6.45, 7) is 4.60. The van der Waals surface area contributed by atoms with Crippen LogP contribution in [-0.2, 0) is 17.8 Å². The van der Waals surface area contributed by atoms with Crippen LogP contribution in [0.4, 0.5) is 4.39 Å². The summed E-state index contributed by atoms with van der Waals surface area (Å²) in [6.07, 6.45) is 3.34. The number of halogens is 1. The van der Waals surface area contributed by atoms with Gasteiger partial charge in [-0.15, -0.1) is 0 Å². The van der Waals surface area contributed by atoms with Crippen molar-refractivity contribution in [3.8, 4) is 0 Å². The van der Waals surface area contributed by atoms with Gasteiger partial charge in [0.05, 0.1) is 0 Å². The van der Waals surface area contributed by atoms with Gasteiger partial charge in [-0.1, -0.05) is 67.1 Å². The molecule has 0 unspecified atom stereocenters. The van der Waals surface area contributed by atoms with Gasteiger partial charge >= 0.3 is 0 Å². The van der Waals surface area contributed by atoms with E-state index in [0.717, 1.165) is 34.0 Å². The second-order valence-corrected chi connectivity index (χ2v) is 8.01. The van der Waals surface area contributed by atoms with Crippen LogP contribution in [0.1, 0.15) is 47.1 Å². The molecule has 4 heteroatoms. The first kappa shape index (κ1) is 20.9. The Balaban J connectivity index is 1.62. The van der Waals surface area contributed by atoms with Gasteiger partial charge in [0.2, 0.25) is 5.91 Å². The lowest BCUT2D eigenvalue weighted by Crippen LogP contribution is -2.25. The van der Waals surface area contributed by atoms with E-state index >= 15 is 0 Å². The van der Waals surface area contributed by atoms with Gasteiger partial charge in [-0.05, 0) is 47.7 Å². The predicted molar refractivity (Wildman–Crippen MR) is 124 cm³/mol. The van der Waals surface area contributed by atoms with Crippen molar-refractivity contribution in [2.45, 2.75) is 39.2 Å². The van der Waals surface area contributed by atoms with E-state index in [-0.39, 0.29) is 17.6 Å². The van der Waals surface area contributed by atoms with E-state index in [1.165, 1.54) is 23.3 Å². The first-order chi connectivity index (χ1) is 15.0. The summed E-state index contributed by atoms with van der Waals surface area (Å²) >= 11 is 0. The average molecular weight is 415 g/mol. The van der Waals surface area contributed by atoms with Gasteiger partial charge in [-0.2, -0.15) is 0 Å². The Morgan fingerprint density at radius 2 is 1.84 bits per heavy atom. The van der Waals surface area contributed by atoms with Crippen LogP contribution in [0.15, 0.2) is 72.9 Å². The summed E-state index contributed by atoms with van der Waals surface area (Å²) in [5, 5.41) is 4.16. The van der Waals surface area contributed by atoms with Gasteiger partial charge in [0.25, 0.3) is 0 Å². The number of aromatic amines is 1. The van der Waals surface area contributed by atoms with Crippen LogP contribution in [0.5, 0.6) is 0 Å². The van der Waals surface area contributed by atoms with Crippen molar-refractivity contribution in [1.29, 1.82) is 0 Å². The van der Waals surface area contributed by atoms with Crippen LogP contribution in [-0.4, -0.2) is 10.9 Å². The first-order valence-electron chi connectivity index (χ1n) is 10.7. The molecule has 1 aromatic heterocycles. The Morgan fingerprint density at radius 3 is 2.58 bits per heavy atom. The number of para-hydroxylation sites is 1. The lowest BCUT2D eigenvalue weighted by Gasteiger charge is -2.18. The minimum Gasteiger partial charge on any atom is -0.361 e. The normalized spacial score (nSPS) is 12.1. The zero-order valence-corrected chi connectivity index (χ0v) is 17.9. The third-order valence-corrected chi connectivity index (χ3v) is 5.83. The third-order valence-electron chi connectivity index (χ3n) is 5.83. The van der Waals surface area contributed by atoms with Crippen LogP contribution in [0, 0.1) is 12.7 Å². The molecule has 1 amide bonds. The van der Waals surface area contributed by atoms with Crippen LogP contribution in [0.25, 0.3) is 10.9 Å². The van der Waals surface area contributed by atoms with E-state index in [9.17, 15) is 9.18 Å². The molecule has 0 spiro atoms. The maximum Gasteiger partial charge on any atom is 0.221 e. The van der Waals surface area contributed by atoms with E-state index < -0.39 is 0 Å². The molecule has 158 valence electrons. The van der Waals surface area contributed by atoms with Crippen LogP contribution in [0.2, 0.25) is 0 Å². The Kier molecular flexibility index (Phi) is 6.17. The number of hydrogen-bond acceptors (Lipinski definition) is 1. The highest BCUT2D eigenvalue weighted by molar-refractivity contribution is 5.88. The van der Waals surface area contributed by atoms with Crippen molar-refractivity contribution in [3.05, 3.63) is 107 Å². The fourth-order valence-electron chi connectivity index (χ4n) is 4.18. The minimum absolute atomic E-state index is 0.0307. The standard InChI is InChI=1S/C27H27FN2O/c1-3-20-7-5-9-23-25(17-30-27(20)23)24(21-8-4-6-18(2)14-21)15-26(31)29-16-19-10-12-22(28)13-11-19/h4-14,17,24,30H,3,15-16H2,1-2H3,(H,29,31)/t24-/m0/s1. The van der Waals surface area contributed by atoms with Gasteiger partial charge < -0.3 is 10.3 Å². The predicted octanol–water partition coefficient (Wildman–Crippen LogP) is 6.02. The van der Waals surface area contributed by atoms with Crippen LogP contribution >= 0.6 is 0 Å². The second-order valence-electron chi connectivity index (χ2n) is 8.01. The Labute approximate surface area is 182 Å². The highest BCUT2D eigenvalue weighted by Crippen LogP contribution is 2.35. The molecule has 3 aromatic carbocycles. The van der Waals surface area contributed by atoms with Gasteiger partial charge in [0, 0.05) is 36.0 Å². The van der Waals surface area contributed by atoms with Crippen molar-refractivity contribution in [2.75, 3.05) is 0 Å². The number of fused-ring (bicyclic) bond motifs is 1. The van der Waals surface area contributed by atoms with E-state index in [1.54, 1.807) is 12.1 Å². The molecule has 2 N–H and O–H groups in total. The highest BCUT2D eigenvalue weighted by atomic mass is 19.1. The SMILES string of the molecule is CCc1cccc2c([C@@H](CC(=O)NCc3ccc(F)cc3)c3cccc(C)c3)c[nH]c12. The lowest BCUT2D eigenvalue weighted by molar-refractivity contribution is -0.121. The molecule has 0 aliphatic carbocycles. The lowest BCUT2D eigenvalue weighted by atomic mass is 9.87. The van der Waals surface area contributed by atoms with Crippen LogP contribution < -0.4 is 5.32 Å². The van der Waals surface area contributed by atoms with E-state index in [2.05, 4.69) is 60.5 Å². The summed E-state index contributed by atoms with van der Waals surface area (Å²) in [7, 11) is 0. The van der Waals surface area contributed by atoms with E-state index in [0.29, 0.717) is 13.0 Å². The summed E-state index contributed by atoms with van der Waals surface area (Å²) < 4.78 is 13.1. The zero-order valence-electron chi connectivity index (χ0n) is 17.9. The van der Waals surface area contributed by atoms with E-state index in [1.807, 2.05) is 12.3 Å². The number of rotatable bonds is 7. The summed E-state index contributed by atoms with van der Waals surface area (Å²) in [6, 6.07) is 20.9. The van der Waals surface area contributed by atoms with Crippen molar-refractivity contribution >= 4 is 16.8 Å². The Hall–Kier alpha value is -3.40. The maximum absolute atomic E-state index is 13.1. The van der Waals surface area contributed by atoms with E-state index in [4.69, 9.17) is 0 Å². The molecule has 31 heavy (non-hydrogen) atoms. The quantitative estimate of drug-likeness (QED) is 0.382.